The number of nitro groups is 1. The van der Waals surface area contributed by atoms with E-state index in [1.807, 2.05) is 28.9 Å². The van der Waals surface area contributed by atoms with Gasteiger partial charge >= 0.3 is 5.69 Å². The van der Waals surface area contributed by atoms with E-state index in [-0.39, 0.29) is 22.7 Å². The molecule has 2 saturated heterocycles. The van der Waals surface area contributed by atoms with Gasteiger partial charge in [-0.15, -0.1) is 0 Å². The predicted octanol–water partition coefficient (Wildman–Crippen LogP) is 3.60. The first-order chi connectivity index (χ1) is 15.9. The van der Waals surface area contributed by atoms with Crippen LogP contribution in [0.2, 0.25) is 0 Å². The van der Waals surface area contributed by atoms with Crippen molar-refractivity contribution in [3.63, 3.8) is 0 Å². The van der Waals surface area contributed by atoms with E-state index in [1.54, 1.807) is 6.07 Å². The minimum atomic E-state index is -0.329. The Kier molecular flexibility index (Phi) is 5.76. The summed E-state index contributed by atoms with van der Waals surface area (Å²) in [5.74, 6) is 0.970. The number of nitrogens with zero attached hydrogens (tertiary/aromatic N) is 7. The molecule has 2 aliphatic heterocycles. The first-order valence-electron chi connectivity index (χ1n) is 11.7. The molecule has 0 spiro atoms. The lowest BCUT2D eigenvalue weighted by molar-refractivity contribution is -0.383. The Morgan fingerprint density at radius 2 is 1.82 bits per heavy atom. The van der Waals surface area contributed by atoms with Gasteiger partial charge in [-0.05, 0) is 58.0 Å². The van der Waals surface area contributed by atoms with Crippen LogP contribution in [0.1, 0.15) is 48.3 Å². The molecule has 3 aromatic heterocycles. The average Bonchev–Trinajstić information content (AvgIpc) is 3.25. The van der Waals surface area contributed by atoms with Crippen molar-refractivity contribution in [3.05, 3.63) is 63.7 Å². The van der Waals surface area contributed by atoms with Crippen molar-refractivity contribution in [2.45, 2.75) is 38.3 Å². The third-order valence-electron chi connectivity index (χ3n) is 7.26. The van der Waals surface area contributed by atoms with Gasteiger partial charge in [0.2, 0.25) is 5.65 Å². The van der Waals surface area contributed by atoms with Crippen LogP contribution >= 0.6 is 0 Å². The topological polar surface area (TPSA) is 83.0 Å². The molecule has 5 heterocycles. The summed E-state index contributed by atoms with van der Waals surface area (Å²) in [7, 11) is 4.25. The molecule has 2 atom stereocenters. The van der Waals surface area contributed by atoms with E-state index in [0.29, 0.717) is 5.65 Å². The molecule has 0 aromatic carbocycles. The quantitative estimate of drug-likeness (QED) is 0.445. The lowest BCUT2D eigenvalue weighted by atomic mass is 9.91. The van der Waals surface area contributed by atoms with E-state index in [0.717, 1.165) is 62.6 Å². The van der Waals surface area contributed by atoms with Gasteiger partial charge in [-0.25, -0.2) is 4.98 Å². The standard InChI is InChI=1S/C24H31N7O2/c1-17-6-5-11-25-23(17)20-8-4-7-19(28(20)3)18-16-30-22(29-14-12-27(2)13-15-29)10-9-21(31(32)33)24(30)26-18/h5-6,9-11,16,19-20H,4,7-8,12-15H2,1-3H3. The predicted molar refractivity (Wildman–Crippen MR) is 128 cm³/mol. The summed E-state index contributed by atoms with van der Waals surface area (Å²) >= 11 is 0. The highest BCUT2D eigenvalue weighted by Gasteiger charge is 2.33. The normalized spacial score (nSPS) is 22.7. The maximum atomic E-state index is 11.8. The number of piperazine rings is 1. The van der Waals surface area contributed by atoms with Crippen LogP contribution in [-0.2, 0) is 0 Å². The Morgan fingerprint density at radius 3 is 2.55 bits per heavy atom. The van der Waals surface area contributed by atoms with E-state index in [9.17, 15) is 10.1 Å². The number of imidazole rings is 1. The highest BCUT2D eigenvalue weighted by Crippen LogP contribution is 2.41. The average molecular weight is 450 g/mol. The molecule has 33 heavy (non-hydrogen) atoms. The molecule has 3 aromatic rings. The van der Waals surface area contributed by atoms with Gasteiger partial charge < -0.3 is 9.80 Å². The fraction of sp³-hybridized carbons (Fsp3) is 0.500. The number of likely N-dealkylation sites (tertiary alicyclic amines) is 1. The second kappa shape index (κ2) is 8.72. The Hall–Kier alpha value is -3.04. The van der Waals surface area contributed by atoms with E-state index >= 15 is 0 Å². The minimum Gasteiger partial charge on any atom is -0.355 e. The summed E-state index contributed by atoms with van der Waals surface area (Å²) in [5.41, 5.74) is 3.67. The fourth-order valence-corrected chi connectivity index (χ4v) is 5.32. The van der Waals surface area contributed by atoms with E-state index < -0.39 is 0 Å². The molecule has 0 radical (unpaired) electrons. The summed E-state index contributed by atoms with van der Waals surface area (Å²) in [5, 5.41) is 11.8. The molecule has 2 unspecified atom stereocenters. The molecule has 0 aliphatic carbocycles. The van der Waals surface area contributed by atoms with Crippen molar-refractivity contribution in [2.75, 3.05) is 45.2 Å². The van der Waals surface area contributed by atoms with Crippen molar-refractivity contribution in [2.24, 2.45) is 0 Å². The molecule has 0 amide bonds. The summed E-state index contributed by atoms with van der Waals surface area (Å²) in [4.78, 5) is 27.9. The van der Waals surface area contributed by atoms with Crippen LogP contribution in [-0.4, -0.2) is 69.4 Å². The lowest BCUT2D eigenvalue weighted by Gasteiger charge is -2.39. The van der Waals surface area contributed by atoms with Crippen LogP contribution in [0.25, 0.3) is 5.65 Å². The lowest BCUT2D eigenvalue weighted by Crippen LogP contribution is -2.45. The smallest absolute Gasteiger partial charge is 0.312 e. The zero-order valence-corrected chi connectivity index (χ0v) is 19.5. The summed E-state index contributed by atoms with van der Waals surface area (Å²) in [6.07, 6.45) is 6.96. The monoisotopic (exact) mass is 449 g/mol. The van der Waals surface area contributed by atoms with Crippen LogP contribution in [0.4, 0.5) is 11.5 Å². The maximum Gasteiger partial charge on any atom is 0.312 e. The number of pyridine rings is 2. The van der Waals surface area contributed by atoms with Gasteiger partial charge in [0.15, 0.2) is 0 Å². The van der Waals surface area contributed by atoms with Crippen LogP contribution in [0.15, 0.2) is 36.7 Å². The Bertz CT molecular complexity index is 1170. The molecule has 9 nitrogen and oxygen atoms in total. The molecular formula is C24H31N7O2. The summed E-state index contributed by atoms with van der Waals surface area (Å²) in [6.45, 7) is 5.83. The van der Waals surface area contributed by atoms with Gasteiger partial charge in [-0.1, -0.05) is 6.07 Å². The van der Waals surface area contributed by atoms with Gasteiger partial charge in [0.1, 0.15) is 5.82 Å². The first-order valence-corrected chi connectivity index (χ1v) is 11.7. The third kappa shape index (κ3) is 3.95. The zero-order valence-electron chi connectivity index (χ0n) is 19.5. The van der Waals surface area contributed by atoms with Gasteiger partial charge in [0, 0.05) is 44.6 Å². The molecule has 0 saturated carbocycles. The van der Waals surface area contributed by atoms with Crippen LogP contribution in [0, 0.1) is 17.0 Å². The van der Waals surface area contributed by atoms with E-state index in [4.69, 9.17) is 4.98 Å². The number of piperidine rings is 1. The molecule has 9 heteroatoms. The number of aromatic nitrogens is 3. The van der Waals surface area contributed by atoms with Gasteiger partial charge in [0.25, 0.3) is 0 Å². The summed E-state index contributed by atoms with van der Waals surface area (Å²) in [6, 6.07) is 7.85. The van der Waals surface area contributed by atoms with Gasteiger partial charge in [-0.2, -0.15) is 0 Å². The minimum absolute atomic E-state index is 0.0507. The molecular weight excluding hydrogens is 418 g/mol. The maximum absolute atomic E-state index is 11.8. The Labute approximate surface area is 193 Å². The molecule has 174 valence electrons. The molecule has 5 rings (SSSR count). The zero-order chi connectivity index (χ0) is 23.1. The van der Waals surface area contributed by atoms with Gasteiger partial charge in [0.05, 0.1) is 28.4 Å². The number of fused-ring (bicyclic) bond motifs is 1. The Morgan fingerprint density at radius 1 is 1.06 bits per heavy atom. The number of hydrogen-bond acceptors (Lipinski definition) is 7. The van der Waals surface area contributed by atoms with Crippen LogP contribution in [0.3, 0.4) is 0 Å². The number of rotatable bonds is 4. The fourth-order valence-electron chi connectivity index (χ4n) is 5.32. The van der Waals surface area contributed by atoms with Crippen molar-refractivity contribution >= 4 is 17.2 Å². The van der Waals surface area contributed by atoms with Crippen LogP contribution in [0.5, 0.6) is 0 Å². The first kappa shape index (κ1) is 21.8. The molecule has 2 aliphatic rings. The number of hydrogen-bond donors (Lipinski definition) is 0. The van der Waals surface area contributed by atoms with E-state index in [1.165, 1.54) is 5.56 Å². The van der Waals surface area contributed by atoms with E-state index in [2.05, 4.69) is 46.8 Å². The molecule has 0 N–H and O–H groups in total. The SMILES string of the molecule is Cc1cccnc1C1CCCC(c2cn3c(N4CCN(C)CC4)ccc([N+](=O)[O-])c3n2)N1C. The Balaban J connectivity index is 1.54. The van der Waals surface area contributed by atoms with Crippen molar-refractivity contribution in [1.29, 1.82) is 0 Å². The van der Waals surface area contributed by atoms with Crippen LogP contribution < -0.4 is 4.90 Å². The van der Waals surface area contributed by atoms with Crippen molar-refractivity contribution in [3.8, 4) is 0 Å². The third-order valence-corrected chi connectivity index (χ3v) is 7.26. The van der Waals surface area contributed by atoms with Gasteiger partial charge in [-0.3, -0.25) is 24.4 Å². The van der Waals surface area contributed by atoms with Crippen molar-refractivity contribution in [1.82, 2.24) is 24.2 Å². The molecule has 2 fully saturated rings. The molecule has 0 bridgehead atoms. The second-order valence-corrected chi connectivity index (χ2v) is 9.32. The highest BCUT2D eigenvalue weighted by molar-refractivity contribution is 5.66. The number of likely N-dealkylation sites (N-methyl/N-ethyl adjacent to an activating group) is 1. The summed E-state index contributed by atoms with van der Waals surface area (Å²) < 4.78 is 1.93. The van der Waals surface area contributed by atoms with Crippen molar-refractivity contribution < 1.29 is 4.92 Å². The second-order valence-electron chi connectivity index (χ2n) is 9.32. The number of anilines is 1. The highest BCUT2D eigenvalue weighted by atomic mass is 16.6. The largest absolute Gasteiger partial charge is 0.355 e. The number of aryl methyl sites for hydroxylation is 1.